The van der Waals surface area contributed by atoms with Gasteiger partial charge in [0.2, 0.25) is 0 Å². The normalized spacial score (nSPS) is 17.0. The summed E-state index contributed by atoms with van der Waals surface area (Å²) in [4.78, 5) is 39.4. The number of nitrogens with one attached hydrogen (secondary N) is 2. The molecule has 4 N–H and O–H groups in total. The van der Waals surface area contributed by atoms with Crippen LogP contribution in [0.2, 0.25) is 0 Å². The number of likely N-dealkylation sites (tertiary alicyclic amines) is 1. The average Bonchev–Trinajstić information content (AvgIpc) is 3.66. The SMILES string of the molecule is Cn1cc(-c2cnc(N)c(C(=O)N[C@@H]3CCN(C(=O)c4cccc(-c5ccnc(N6CCNCC6)c5)c4)C3)c2)cn1. The maximum atomic E-state index is 13.5. The zero-order chi connectivity index (χ0) is 28.3. The van der Waals surface area contributed by atoms with Crippen molar-refractivity contribution in [1.29, 1.82) is 0 Å². The molecule has 3 aromatic heterocycles. The van der Waals surface area contributed by atoms with E-state index in [-0.39, 0.29) is 23.7 Å². The largest absolute Gasteiger partial charge is 0.383 e. The van der Waals surface area contributed by atoms with Crippen molar-refractivity contribution in [1.82, 2.24) is 35.3 Å². The van der Waals surface area contributed by atoms with Crippen molar-refractivity contribution in [3.63, 3.8) is 0 Å². The molecule has 0 saturated carbocycles. The molecule has 0 unspecified atom stereocenters. The third kappa shape index (κ3) is 5.75. The lowest BCUT2D eigenvalue weighted by Crippen LogP contribution is -2.43. The highest BCUT2D eigenvalue weighted by Gasteiger charge is 2.29. The number of hydrogen-bond donors (Lipinski definition) is 3. The number of carbonyl (C=O) groups is 2. The van der Waals surface area contributed by atoms with Crippen molar-refractivity contribution in [3.05, 3.63) is 78.4 Å². The highest BCUT2D eigenvalue weighted by molar-refractivity contribution is 6.00. The molecule has 41 heavy (non-hydrogen) atoms. The van der Waals surface area contributed by atoms with Gasteiger partial charge in [0.05, 0.1) is 11.8 Å². The number of aromatic nitrogens is 4. The van der Waals surface area contributed by atoms with Crippen LogP contribution in [0.1, 0.15) is 27.1 Å². The molecule has 0 bridgehead atoms. The minimum absolute atomic E-state index is 0.0558. The third-order valence-electron chi connectivity index (χ3n) is 7.64. The maximum absolute atomic E-state index is 13.5. The van der Waals surface area contributed by atoms with Gasteiger partial charge in [-0.2, -0.15) is 5.10 Å². The fraction of sp³-hybridized carbons (Fsp3) is 0.300. The minimum atomic E-state index is -0.306. The zero-order valence-electron chi connectivity index (χ0n) is 23.0. The Kier molecular flexibility index (Phi) is 7.34. The summed E-state index contributed by atoms with van der Waals surface area (Å²) in [6, 6.07) is 13.3. The fourth-order valence-electron chi connectivity index (χ4n) is 5.39. The van der Waals surface area contributed by atoms with E-state index in [2.05, 4.69) is 36.7 Å². The molecule has 2 fully saturated rings. The minimum Gasteiger partial charge on any atom is -0.383 e. The van der Waals surface area contributed by atoms with Gasteiger partial charge in [-0.05, 0) is 47.9 Å². The number of hydrogen-bond acceptors (Lipinski definition) is 8. The van der Waals surface area contributed by atoms with Crippen LogP contribution in [-0.4, -0.2) is 81.8 Å². The van der Waals surface area contributed by atoms with Gasteiger partial charge in [0.1, 0.15) is 11.6 Å². The Bertz CT molecular complexity index is 1580. The first-order chi connectivity index (χ1) is 19.9. The number of benzene rings is 1. The summed E-state index contributed by atoms with van der Waals surface area (Å²) in [7, 11) is 1.83. The molecule has 11 nitrogen and oxygen atoms in total. The van der Waals surface area contributed by atoms with Crippen LogP contribution in [0.5, 0.6) is 0 Å². The Morgan fingerprint density at radius 2 is 1.80 bits per heavy atom. The molecule has 0 aliphatic carbocycles. The second kappa shape index (κ2) is 11.4. The predicted octanol–water partition coefficient (Wildman–Crippen LogP) is 2.18. The maximum Gasteiger partial charge on any atom is 0.255 e. The standard InChI is InChI=1S/C30H33N9O2/c1-37-18-24(17-35-37)23-14-26(28(31)34-16-23)29(40)36-25-6-10-39(19-25)30(41)22-4-2-3-20(13-22)21-5-7-33-27(15-21)38-11-8-32-9-12-38/h2-5,7,13-18,25,32H,6,8-12,19H2,1H3,(H2,31,34)(H,36,40)/t25-/m1/s1. The van der Waals surface area contributed by atoms with Crippen LogP contribution in [0.3, 0.4) is 0 Å². The Morgan fingerprint density at radius 1 is 0.976 bits per heavy atom. The number of nitrogens with two attached hydrogens (primary N) is 1. The Morgan fingerprint density at radius 3 is 2.61 bits per heavy atom. The van der Waals surface area contributed by atoms with Crippen LogP contribution in [0, 0.1) is 0 Å². The number of amides is 2. The van der Waals surface area contributed by atoms with Crippen molar-refractivity contribution < 1.29 is 9.59 Å². The predicted molar refractivity (Wildman–Crippen MR) is 157 cm³/mol. The molecule has 0 radical (unpaired) electrons. The van der Waals surface area contributed by atoms with E-state index in [1.165, 1.54) is 0 Å². The number of nitrogens with zero attached hydrogens (tertiary/aromatic N) is 6. The zero-order valence-corrected chi connectivity index (χ0v) is 23.0. The number of carbonyl (C=O) groups excluding carboxylic acids is 2. The lowest BCUT2D eigenvalue weighted by Gasteiger charge is -2.28. The van der Waals surface area contributed by atoms with E-state index >= 15 is 0 Å². The van der Waals surface area contributed by atoms with Gasteiger partial charge in [-0.3, -0.25) is 14.3 Å². The Labute approximate surface area is 238 Å². The summed E-state index contributed by atoms with van der Waals surface area (Å²) in [5.41, 5.74) is 10.6. The Hall–Kier alpha value is -4.77. The molecule has 210 valence electrons. The van der Waals surface area contributed by atoms with Gasteiger partial charge in [0.15, 0.2) is 0 Å². The number of rotatable bonds is 6. The molecule has 5 heterocycles. The molecule has 11 heteroatoms. The monoisotopic (exact) mass is 551 g/mol. The van der Waals surface area contributed by atoms with Gasteiger partial charge < -0.3 is 26.2 Å². The van der Waals surface area contributed by atoms with Gasteiger partial charge in [0, 0.05) is 87.6 Å². The van der Waals surface area contributed by atoms with Crippen LogP contribution in [0.15, 0.2) is 67.3 Å². The molecule has 2 aliphatic heterocycles. The highest BCUT2D eigenvalue weighted by Crippen LogP contribution is 2.26. The molecule has 1 aromatic carbocycles. The highest BCUT2D eigenvalue weighted by atomic mass is 16.2. The summed E-state index contributed by atoms with van der Waals surface area (Å²) in [5, 5.41) is 10.6. The fourth-order valence-corrected chi connectivity index (χ4v) is 5.39. The van der Waals surface area contributed by atoms with E-state index in [1.807, 2.05) is 49.8 Å². The van der Waals surface area contributed by atoms with Gasteiger partial charge >= 0.3 is 0 Å². The van der Waals surface area contributed by atoms with Crippen molar-refractivity contribution >= 4 is 23.5 Å². The summed E-state index contributed by atoms with van der Waals surface area (Å²) in [6.45, 7) is 4.69. The number of nitrogen functional groups attached to an aromatic ring is 1. The molecule has 2 amide bonds. The van der Waals surface area contributed by atoms with Gasteiger partial charge in [-0.1, -0.05) is 12.1 Å². The number of piperazine rings is 1. The molecular weight excluding hydrogens is 518 g/mol. The van der Waals surface area contributed by atoms with Crippen LogP contribution in [0.25, 0.3) is 22.3 Å². The third-order valence-corrected chi connectivity index (χ3v) is 7.64. The van der Waals surface area contributed by atoms with Gasteiger partial charge in [0.25, 0.3) is 11.8 Å². The van der Waals surface area contributed by atoms with E-state index in [1.54, 1.807) is 28.0 Å². The molecule has 6 rings (SSSR count). The van der Waals surface area contributed by atoms with Crippen molar-refractivity contribution in [3.8, 4) is 22.3 Å². The summed E-state index contributed by atoms with van der Waals surface area (Å²) < 4.78 is 1.69. The molecular formula is C30H33N9O2. The lowest BCUT2D eigenvalue weighted by atomic mass is 10.0. The van der Waals surface area contributed by atoms with Crippen molar-refractivity contribution in [2.24, 2.45) is 7.05 Å². The van der Waals surface area contributed by atoms with E-state index in [4.69, 9.17) is 5.73 Å². The Balaban J connectivity index is 1.12. The summed E-state index contributed by atoms with van der Waals surface area (Å²) in [5.74, 6) is 0.745. The number of anilines is 2. The second-order valence-corrected chi connectivity index (χ2v) is 10.5. The van der Waals surface area contributed by atoms with Crippen molar-refractivity contribution in [2.45, 2.75) is 12.5 Å². The average molecular weight is 552 g/mol. The van der Waals surface area contributed by atoms with Crippen LogP contribution >= 0.6 is 0 Å². The van der Waals surface area contributed by atoms with E-state index < -0.39 is 0 Å². The first kappa shape index (κ1) is 26.5. The molecule has 4 aromatic rings. The topological polar surface area (TPSA) is 134 Å². The molecule has 1 atom stereocenters. The van der Waals surface area contributed by atoms with E-state index in [9.17, 15) is 9.59 Å². The molecule has 2 saturated heterocycles. The van der Waals surface area contributed by atoms with Gasteiger partial charge in [-0.25, -0.2) is 9.97 Å². The molecule has 2 aliphatic rings. The smallest absolute Gasteiger partial charge is 0.255 e. The quantitative estimate of drug-likeness (QED) is 0.332. The van der Waals surface area contributed by atoms with Crippen molar-refractivity contribution in [2.75, 3.05) is 49.9 Å². The molecule has 0 spiro atoms. The van der Waals surface area contributed by atoms with Crippen LogP contribution in [0.4, 0.5) is 11.6 Å². The lowest BCUT2D eigenvalue weighted by molar-refractivity contribution is 0.0783. The first-order valence-corrected chi connectivity index (χ1v) is 13.8. The van der Waals surface area contributed by atoms with E-state index in [0.29, 0.717) is 30.6 Å². The summed E-state index contributed by atoms with van der Waals surface area (Å²) in [6.07, 6.45) is 7.68. The second-order valence-electron chi connectivity index (χ2n) is 10.5. The number of aryl methyl sites for hydroxylation is 1. The number of pyridine rings is 2. The van der Waals surface area contributed by atoms with E-state index in [0.717, 1.165) is 54.3 Å². The van der Waals surface area contributed by atoms with Crippen LogP contribution < -0.4 is 21.3 Å². The summed E-state index contributed by atoms with van der Waals surface area (Å²) >= 11 is 0. The van der Waals surface area contributed by atoms with Crippen LogP contribution in [-0.2, 0) is 7.05 Å². The van der Waals surface area contributed by atoms with Gasteiger partial charge in [-0.15, -0.1) is 0 Å². The first-order valence-electron chi connectivity index (χ1n) is 13.8.